The summed E-state index contributed by atoms with van der Waals surface area (Å²) in [7, 11) is 0. The van der Waals surface area contributed by atoms with Crippen LogP contribution in [0.4, 0.5) is 0 Å². The molecule has 0 aliphatic heterocycles. The SMILES string of the molecule is O=C(C(Cl)Cl)C(Cl)Cl. The molecule has 0 saturated carbocycles. The minimum absolute atomic E-state index is 0.586. The molecule has 0 spiro atoms. The van der Waals surface area contributed by atoms with E-state index in [-0.39, 0.29) is 0 Å². The summed E-state index contributed by atoms with van der Waals surface area (Å²) >= 11 is 20.3. The Bertz CT molecular complexity index is 79.3. The maximum Gasteiger partial charge on any atom is 0.198 e. The lowest BCUT2D eigenvalue weighted by Crippen LogP contribution is -2.15. The molecule has 1 nitrogen and oxygen atoms in total. The summed E-state index contributed by atoms with van der Waals surface area (Å²) in [6, 6.07) is 0. The molecule has 0 radical (unpaired) electrons. The first-order chi connectivity index (χ1) is 3.55. The quantitative estimate of drug-likeness (QED) is 0.618. The Morgan fingerprint density at radius 3 is 1.25 bits per heavy atom. The van der Waals surface area contributed by atoms with Crippen LogP contribution < -0.4 is 0 Å². The molecule has 0 fully saturated rings. The van der Waals surface area contributed by atoms with Gasteiger partial charge in [-0.15, -0.1) is 0 Å². The second-order valence-corrected chi connectivity index (χ2v) is 3.20. The van der Waals surface area contributed by atoms with Crippen molar-refractivity contribution in [3.63, 3.8) is 0 Å². The highest BCUT2D eigenvalue weighted by molar-refractivity contribution is 6.63. The average molecular weight is 196 g/mol. The third-order valence-corrected chi connectivity index (χ3v) is 1.29. The number of hydrogen-bond acceptors (Lipinski definition) is 1. The molecule has 0 amide bonds. The van der Waals surface area contributed by atoms with Crippen LogP contribution in [0.3, 0.4) is 0 Å². The van der Waals surface area contributed by atoms with Gasteiger partial charge in [0.2, 0.25) is 0 Å². The van der Waals surface area contributed by atoms with E-state index >= 15 is 0 Å². The molecule has 0 aliphatic rings. The monoisotopic (exact) mass is 194 g/mol. The number of hydrogen-bond donors (Lipinski definition) is 0. The Labute approximate surface area is 66.8 Å². The molecule has 0 aromatic heterocycles. The first-order valence-corrected chi connectivity index (χ1v) is 3.40. The number of Topliss-reactive ketones (excluding diaryl/α,β-unsaturated/α-hetero) is 1. The van der Waals surface area contributed by atoms with Gasteiger partial charge in [-0.3, -0.25) is 4.79 Å². The maximum atomic E-state index is 10.3. The number of carbonyl (C=O) groups excluding carboxylic acids is 1. The molecule has 48 valence electrons. The van der Waals surface area contributed by atoms with E-state index in [9.17, 15) is 4.79 Å². The minimum atomic E-state index is -1.12. The fourth-order valence-corrected chi connectivity index (χ4v) is 0.857. The van der Waals surface area contributed by atoms with Gasteiger partial charge in [0.05, 0.1) is 0 Å². The van der Waals surface area contributed by atoms with Crippen molar-refractivity contribution in [1.82, 2.24) is 0 Å². The lowest BCUT2D eigenvalue weighted by Gasteiger charge is -1.97. The number of carbonyl (C=O) groups is 1. The predicted octanol–water partition coefficient (Wildman–Crippen LogP) is 2.16. The number of ketones is 1. The van der Waals surface area contributed by atoms with Crippen LogP contribution in [0.5, 0.6) is 0 Å². The van der Waals surface area contributed by atoms with Crippen LogP contribution in [-0.2, 0) is 4.79 Å². The Balaban J connectivity index is 3.65. The molecular formula is C3H2Cl4O. The van der Waals surface area contributed by atoms with Crippen molar-refractivity contribution in [3.05, 3.63) is 0 Å². The summed E-state index contributed by atoms with van der Waals surface area (Å²) in [5.41, 5.74) is 0. The van der Waals surface area contributed by atoms with Gasteiger partial charge >= 0.3 is 0 Å². The van der Waals surface area contributed by atoms with Crippen molar-refractivity contribution >= 4 is 52.2 Å². The van der Waals surface area contributed by atoms with Crippen molar-refractivity contribution < 1.29 is 4.79 Å². The van der Waals surface area contributed by atoms with Crippen molar-refractivity contribution in [3.8, 4) is 0 Å². The summed E-state index contributed by atoms with van der Waals surface area (Å²) in [5, 5.41) is 0. The van der Waals surface area contributed by atoms with Crippen LogP contribution in [0.2, 0.25) is 0 Å². The maximum absolute atomic E-state index is 10.3. The topological polar surface area (TPSA) is 17.1 Å². The summed E-state index contributed by atoms with van der Waals surface area (Å²) in [6.45, 7) is 0. The first kappa shape index (κ1) is 8.83. The zero-order valence-corrected chi connectivity index (χ0v) is 6.60. The minimum Gasteiger partial charge on any atom is -0.294 e. The standard InChI is InChI=1S/C3H2Cl4O/c4-2(5)1(8)3(6)7/h2-3H. The van der Waals surface area contributed by atoms with Crippen molar-refractivity contribution in [1.29, 1.82) is 0 Å². The molecule has 0 aliphatic carbocycles. The third kappa shape index (κ3) is 2.98. The molecule has 0 saturated heterocycles. The van der Waals surface area contributed by atoms with Crippen LogP contribution >= 0.6 is 46.4 Å². The molecule has 0 heterocycles. The number of rotatable bonds is 2. The predicted molar refractivity (Wildman–Crippen MR) is 36.0 cm³/mol. The smallest absolute Gasteiger partial charge is 0.198 e. The molecule has 8 heavy (non-hydrogen) atoms. The van der Waals surface area contributed by atoms with Crippen LogP contribution in [0, 0.1) is 0 Å². The Morgan fingerprint density at radius 2 is 1.25 bits per heavy atom. The van der Waals surface area contributed by atoms with E-state index in [0.29, 0.717) is 0 Å². The van der Waals surface area contributed by atoms with Gasteiger partial charge in [-0.1, -0.05) is 46.4 Å². The van der Waals surface area contributed by atoms with Gasteiger partial charge in [-0.2, -0.15) is 0 Å². The highest BCUT2D eigenvalue weighted by atomic mass is 35.5. The van der Waals surface area contributed by atoms with Gasteiger partial charge in [-0.25, -0.2) is 0 Å². The van der Waals surface area contributed by atoms with Crippen LogP contribution in [0.1, 0.15) is 0 Å². The van der Waals surface area contributed by atoms with Gasteiger partial charge in [0.15, 0.2) is 15.5 Å². The molecule has 0 atom stereocenters. The van der Waals surface area contributed by atoms with E-state index in [1.807, 2.05) is 0 Å². The van der Waals surface area contributed by atoms with Crippen LogP contribution in [0.25, 0.3) is 0 Å². The summed E-state index contributed by atoms with van der Waals surface area (Å²) in [5.74, 6) is -0.586. The molecule has 0 unspecified atom stereocenters. The Hall–Kier alpha value is 0.830. The lowest BCUT2D eigenvalue weighted by molar-refractivity contribution is -0.115. The fourth-order valence-electron chi connectivity index (χ4n) is 0.0952. The van der Waals surface area contributed by atoms with Crippen LogP contribution in [0.15, 0.2) is 0 Å². The lowest BCUT2D eigenvalue weighted by atomic mass is 10.5. The molecule has 0 N–H and O–H groups in total. The number of alkyl halides is 4. The van der Waals surface area contributed by atoms with Gasteiger partial charge < -0.3 is 0 Å². The molecule has 0 bridgehead atoms. The van der Waals surface area contributed by atoms with Gasteiger partial charge in [-0.05, 0) is 0 Å². The molecule has 5 heteroatoms. The summed E-state index contributed by atoms with van der Waals surface area (Å²) in [4.78, 5) is 8.08. The van der Waals surface area contributed by atoms with E-state index in [1.165, 1.54) is 0 Å². The summed E-state index contributed by atoms with van der Waals surface area (Å²) in [6.07, 6.45) is 0. The van der Waals surface area contributed by atoms with E-state index in [1.54, 1.807) is 0 Å². The second kappa shape index (κ2) is 3.78. The van der Waals surface area contributed by atoms with E-state index in [2.05, 4.69) is 0 Å². The van der Waals surface area contributed by atoms with E-state index in [4.69, 9.17) is 46.4 Å². The van der Waals surface area contributed by atoms with Gasteiger partial charge in [0.1, 0.15) is 0 Å². The molecule has 0 aromatic rings. The average Bonchev–Trinajstić information content (AvgIpc) is 1.64. The largest absolute Gasteiger partial charge is 0.294 e. The van der Waals surface area contributed by atoms with Crippen molar-refractivity contribution in [2.75, 3.05) is 0 Å². The highest BCUT2D eigenvalue weighted by Gasteiger charge is 2.18. The first-order valence-electron chi connectivity index (χ1n) is 1.65. The van der Waals surface area contributed by atoms with E-state index in [0.717, 1.165) is 0 Å². The van der Waals surface area contributed by atoms with Crippen molar-refractivity contribution in [2.45, 2.75) is 9.67 Å². The Morgan fingerprint density at radius 1 is 1.00 bits per heavy atom. The van der Waals surface area contributed by atoms with Gasteiger partial charge in [0.25, 0.3) is 0 Å². The highest BCUT2D eigenvalue weighted by Crippen LogP contribution is 2.12. The number of halogens is 4. The molecule has 0 aromatic carbocycles. The van der Waals surface area contributed by atoms with E-state index < -0.39 is 15.5 Å². The zero-order chi connectivity index (χ0) is 6.73. The normalized spacial score (nSPS) is 10.8. The third-order valence-electron chi connectivity index (χ3n) is 0.430. The Kier molecular flexibility index (Phi) is 4.17. The zero-order valence-electron chi connectivity index (χ0n) is 3.57. The fraction of sp³-hybridized carbons (Fsp3) is 0.667. The van der Waals surface area contributed by atoms with Crippen molar-refractivity contribution in [2.24, 2.45) is 0 Å². The van der Waals surface area contributed by atoms with Crippen LogP contribution in [-0.4, -0.2) is 15.5 Å². The summed E-state index contributed by atoms with van der Waals surface area (Å²) < 4.78 is 0. The second-order valence-electron chi connectivity index (χ2n) is 1.00. The van der Waals surface area contributed by atoms with Gasteiger partial charge in [0, 0.05) is 0 Å². The molecular weight excluding hydrogens is 194 g/mol. The molecule has 0 rings (SSSR count).